The molecule has 0 unspecified atom stereocenters. The van der Waals surface area contributed by atoms with Gasteiger partial charge in [0.25, 0.3) is 5.97 Å². The SMILES string of the molecule is CCCC(=O)O[Si](C)(OC)OC.[K]. The third-order valence-electron chi connectivity index (χ3n) is 1.49. The van der Waals surface area contributed by atoms with Gasteiger partial charge in [-0.1, -0.05) is 6.92 Å². The Bertz CT molecular complexity index is 149. The van der Waals surface area contributed by atoms with Crippen LogP contribution in [-0.2, 0) is 18.1 Å². The largest absolute Gasteiger partial charge is 0.564 e. The average molecular weight is 231 g/mol. The second-order valence-corrected chi connectivity index (χ2v) is 5.24. The fourth-order valence-corrected chi connectivity index (χ4v) is 1.48. The van der Waals surface area contributed by atoms with Crippen molar-refractivity contribution in [2.75, 3.05) is 14.2 Å². The van der Waals surface area contributed by atoms with Crippen LogP contribution >= 0.6 is 0 Å². The maximum Gasteiger partial charge on any atom is 0.564 e. The Morgan fingerprint density at radius 2 is 1.77 bits per heavy atom. The van der Waals surface area contributed by atoms with Crippen molar-refractivity contribution in [3.63, 3.8) is 0 Å². The van der Waals surface area contributed by atoms with Crippen molar-refractivity contribution in [1.82, 2.24) is 0 Å². The molecule has 0 N–H and O–H groups in total. The fourth-order valence-electron chi connectivity index (χ4n) is 0.629. The van der Waals surface area contributed by atoms with Gasteiger partial charge in [-0.15, -0.1) is 0 Å². The number of rotatable bonds is 5. The predicted molar refractivity (Wildman–Crippen MR) is 52.4 cm³/mol. The first-order valence-corrected chi connectivity index (χ1v) is 6.12. The van der Waals surface area contributed by atoms with Gasteiger partial charge in [0.05, 0.1) is 0 Å². The Balaban J connectivity index is 0. The molecule has 0 saturated carbocycles. The quantitative estimate of drug-likeness (QED) is 0.657. The van der Waals surface area contributed by atoms with Crippen molar-refractivity contribution in [2.45, 2.75) is 26.3 Å². The molecule has 0 spiro atoms. The van der Waals surface area contributed by atoms with E-state index in [4.69, 9.17) is 13.3 Å². The smallest absolute Gasteiger partial charge is 0.473 e. The van der Waals surface area contributed by atoms with E-state index in [1.54, 1.807) is 6.55 Å². The van der Waals surface area contributed by atoms with E-state index in [0.29, 0.717) is 6.42 Å². The van der Waals surface area contributed by atoms with Crippen molar-refractivity contribution in [3.8, 4) is 0 Å². The average Bonchev–Trinajstić information content (AvgIpc) is 2.05. The van der Waals surface area contributed by atoms with Crippen LogP contribution in [0.2, 0.25) is 6.55 Å². The molecule has 0 saturated heterocycles. The molecule has 0 aliphatic heterocycles. The third kappa shape index (κ3) is 7.20. The zero-order valence-electron chi connectivity index (χ0n) is 9.05. The van der Waals surface area contributed by atoms with Gasteiger partial charge in [-0.3, -0.25) is 4.79 Å². The summed E-state index contributed by atoms with van der Waals surface area (Å²) in [4.78, 5) is 11.0. The summed E-state index contributed by atoms with van der Waals surface area (Å²) >= 11 is 0. The van der Waals surface area contributed by atoms with Gasteiger partial charge in [-0.25, -0.2) is 0 Å². The van der Waals surface area contributed by atoms with E-state index < -0.39 is 8.80 Å². The van der Waals surface area contributed by atoms with Crippen LogP contribution in [0, 0.1) is 0 Å². The van der Waals surface area contributed by atoms with E-state index in [-0.39, 0.29) is 57.4 Å². The summed E-state index contributed by atoms with van der Waals surface area (Å²) in [6.45, 7) is 3.60. The molecule has 0 aromatic heterocycles. The van der Waals surface area contributed by atoms with E-state index in [9.17, 15) is 4.79 Å². The van der Waals surface area contributed by atoms with Gasteiger partial charge in [-0.05, 0) is 6.42 Å². The monoisotopic (exact) mass is 231 g/mol. The van der Waals surface area contributed by atoms with Crippen LogP contribution in [0.25, 0.3) is 0 Å². The maximum atomic E-state index is 11.0. The number of carbonyl (C=O) groups excluding carboxylic acids is 1. The van der Waals surface area contributed by atoms with Crippen molar-refractivity contribution in [3.05, 3.63) is 0 Å². The molecule has 6 heteroatoms. The molecule has 4 nitrogen and oxygen atoms in total. The van der Waals surface area contributed by atoms with Gasteiger partial charge in [-0.2, -0.15) is 0 Å². The second kappa shape index (κ2) is 8.54. The predicted octanol–water partition coefficient (Wildman–Crippen LogP) is 0.810. The minimum atomic E-state index is -2.65. The Morgan fingerprint density at radius 3 is 2.08 bits per heavy atom. The molecule has 0 aliphatic rings. The summed E-state index contributed by atoms with van der Waals surface area (Å²) in [6, 6.07) is 0. The van der Waals surface area contributed by atoms with Crippen molar-refractivity contribution < 1.29 is 18.1 Å². The summed E-state index contributed by atoms with van der Waals surface area (Å²) in [7, 11) is 0.315. The van der Waals surface area contributed by atoms with E-state index in [1.165, 1.54) is 14.2 Å². The van der Waals surface area contributed by atoms with E-state index in [1.807, 2.05) is 6.92 Å². The zero-order valence-corrected chi connectivity index (χ0v) is 13.2. The van der Waals surface area contributed by atoms with Gasteiger partial charge in [0, 0.05) is 78.6 Å². The maximum absolute atomic E-state index is 11.0. The molecule has 0 aromatic rings. The number of hydrogen-bond acceptors (Lipinski definition) is 4. The Morgan fingerprint density at radius 1 is 1.31 bits per heavy atom. The van der Waals surface area contributed by atoms with Crippen LogP contribution in [0.3, 0.4) is 0 Å². The molecular weight excluding hydrogens is 215 g/mol. The van der Waals surface area contributed by atoms with Crippen LogP contribution in [-0.4, -0.2) is 80.4 Å². The van der Waals surface area contributed by atoms with Gasteiger partial charge < -0.3 is 13.3 Å². The standard InChI is InChI=1S/C7H16O4Si.K/c1-5-6-7(8)11-12(4,9-2)10-3;/h5-6H2,1-4H3;. The Kier molecular flexibility index (Phi) is 11.0. The summed E-state index contributed by atoms with van der Waals surface area (Å²) in [6.07, 6.45) is 1.19. The second-order valence-electron chi connectivity index (χ2n) is 2.49. The minimum Gasteiger partial charge on any atom is -0.473 e. The molecule has 0 bridgehead atoms. The van der Waals surface area contributed by atoms with Gasteiger partial charge in [0.15, 0.2) is 0 Å². The third-order valence-corrected chi connectivity index (χ3v) is 3.58. The molecule has 0 rings (SSSR count). The van der Waals surface area contributed by atoms with E-state index >= 15 is 0 Å². The molecule has 0 atom stereocenters. The van der Waals surface area contributed by atoms with E-state index in [2.05, 4.69) is 0 Å². The van der Waals surface area contributed by atoms with E-state index in [0.717, 1.165) is 6.42 Å². The van der Waals surface area contributed by atoms with Crippen molar-refractivity contribution >= 4 is 66.2 Å². The van der Waals surface area contributed by atoms with Crippen LogP contribution < -0.4 is 0 Å². The van der Waals surface area contributed by atoms with Crippen molar-refractivity contribution in [2.24, 2.45) is 0 Å². The van der Waals surface area contributed by atoms with Crippen LogP contribution in [0.1, 0.15) is 19.8 Å². The van der Waals surface area contributed by atoms with Crippen molar-refractivity contribution in [1.29, 1.82) is 0 Å². The molecule has 0 aliphatic carbocycles. The van der Waals surface area contributed by atoms with Crippen LogP contribution in [0.4, 0.5) is 0 Å². The fraction of sp³-hybridized carbons (Fsp3) is 0.857. The molecule has 1 radical (unpaired) electrons. The topological polar surface area (TPSA) is 44.8 Å². The summed E-state index contributed by atoms with van der Waals surface area (Å²) in [5.41, 5.74) is 0. The molecule has 13 heavy (non-hydrogen) atoms. The van der Waals surface area contributed by atoms with Gasteiger partial charge in [0.1, 0.15) is 0 Å². The Labute approximate surface area is 123 Å². The first-order chi connectivity index (χ1) is 5.58. The molecular formula is C7H16KO4Si. The first-order valence-electron chi connectivity index (χ1n) is 3.90. The number of carbonyl (C=O) groups is 1. The normalized spacial score (nSPS) is 10.5. The van der Waals surface area contributed by atoms with Gasteiger partial charge in [0.2, 0.25) is 0 Å². The first kappa shape index (κ1) is 16.7. The molecule has 0 amide bonds. The summed E-state index contributed by atoms with van der Waals surface area (Å²) in [5, 5.41) is 0. The van der Waals surface area contributed by atoms with Crippen LogP contribution in [0.5, 0.6) is 0 Å². The summed E-state index contributed by atoms with van der Waals surface area (Å²) < 4.78 is 15.0. The minimum absolute atomic E-state index is 0. The van der Waals surface area contributed by atoms with Crippen LogP contribution in [0.15, 0.2) is 0 Å². The molecule has 0 aromatic carbocycles. The zero-order chi connectivity index (χ0) is 9.61. The molecule has 73 valence electrons. The number of hydrogen-bond donors (Lipinski definition) is 0. The Hall–Kier alpha value is 1.24. The molecule has 0 fully saturated rings. The molecule has 0 heterocycles. The van der Waals surface area contributed by atoms with Gasteiger partial charge >= 0.3 is 8.80 Å². The summed E-state index contributed by atoms with van der Waals surface area (Å²) in [5.74, 6) is -0.254.